The summed E-state index contributed by atoms with van der Waals surface area (Å²) in [5.41, 5.74) is 0.690. The number of amides is 1. The number of aromatic nitrogens is 3. The van der Waals surface area contributed by atoms with Gasteiger partial charge in [-0.25, -0.2) is 9.78 Å². The molecule has 0 atom stereocenters. The van der Waals surface area contributed by atoms with Gasteiger partial charge in [0.25, 0.3) is 5.56 Å². The van der Waals surface area contributed by atoms with Crippen LogP contribution in [0.3, 0.4) is 0 Å². The first-order valence-electron chi connectivity index (χ1n) is 8.67. The van der Waals surface area contributed by atoms with Crippen molar-refractivity contribution in [3.63, 3.8) is 0 Å². The third-order valence-corrected chi connectivity index (χ3v) is 6.35. The second-order valence-corrected chi connectivity index (χ2v) is 8.58. The number of nitrogens with zero attached hydrogens (tertiary/aromatic N) is 4. The van der Waals surface area contributed by atoms with Crippen LogP contribution in [0, 0.1) is 0 Å². The molecular formula is C18H17BrN4O4S. The third kappa shape index (κ3) is 3.54. The summed E-state index contributed by atoms with van der Waals surface area (Å²) in [5.74, 6) is 0. The maximum Gasteiger partial charge on any atom is 0.407 e. The van der Waals surface area contributed by atoms with Crippen LogP contribution < -0.4 is 5.56 Å². The van der Waals surface area contributed by atoms with Gasteiger partial charge in [0.05, 0.1) is 18.5 Å². The normalized spacial score (nSPS) is 16.4. The fourth-order valence-electron chi connectivity index (χ4n) is 3.35. The molecule has 1 aromatic carbocycles. The molecule has 1 saturated heterocycles. The van der Waals surface area contributed by atoms with Gasteiger partial charge in [-0.2, -0.15) is 4.37 Å². The van der Waals surface area contributed by atoms with E-state index in [2.05, 4.69) is 25.3 Å². The number of likely N-dealkylation sites (tertiary alicyclic amines) is 1. The van der Waals surface area contributed by atoms with Gasteiger partial charge in [-0.3, -0.25) is 9.36 Å². The summed E-state index contributed by atoms with van der Waals surface area (Å²) in [7, 11) is 0. The molecule has 0 saturated carbocycles. The molecule has 4 rings (SSSR count). The Balaban J connectivity index is 1.62. The molecule has 10 heteroatoms. The molecule has 3 heterocycles. The van der Waals surface area contributed by atoms with Crippen LogP contribution in [-0.2, 0) is 6.54 Å². The predicted octanol–water partition coefficient (Wildman–Crippen LogP) is 2.79. The Kier molecular flexibility index (Phi) is 4.94. The highest BCUT2D eigenvalue weighted by molar-refractivity contribution is 9.10. The second-order valence-electron chi connectivity index (χ2n) is 6.89. The summed E-state index contributed by atoms with van der Waals surface area (Å²) < 4.78 is 7.19. The lowest BCUT2D eigenvalue weighted by molar-refractivity contribution is -0.0303. The standard InChI is InChI=1S/C18H17BrN4O4S/c19-12-3-1-11(2-4-12)13-14-15(28-21-13)16(24)23(10-20-14)9-18(27)5-7-22(8-6-18)17(25)26/h1-4,10,27H,5-9H2,(H,25,26). The van der Waals surface area contributed by atoms with E-state index in [4.69, 9.17) is 5.11 Å². The van der Waals surface area contributed by atoms with Crippen LogP contribution in [0.15, 0.2) is 39.9 Å². The first kappa shape index (κ1) is 19.0. The summed E-state index contributed by atoms with van der Waals surface area (Å²) in [6.45, 7) is 0.558. The van der Waals surface area contributed by atoms with Crippen molar-refractivity contribution in [2.45, 2.75) is 25.0 Å². The molecule has 1 amide bonds. The SMILES string of the molecule is O=C(O)N1CCC(O)(Cn2cnc3c(-c4ccc(Br)cc4)nsc3c2=O)CC1. The Morgan fingerprint density at radius 3 is 2.57 bits per heavy atom. The predicted molar refractivity (Wildman–Crippen MR) is 109 cm³/mol. The summed E-state index contributed by atoms with van der Waals surface area (Å²) in [6, 6.07) is 7.62. The van der Waals surface area contributed by atoms with E-state index in [1.165, 1.54) is 15.8 Å². The van der Waals surface area contributed by atoms with Crippen molar-refractivity contribution in [2.75, 3.05) is 13.1 Å². The van der Waals surface area contributed by atoms with Crippen LogP contribution in [0.2, 0.25) is 0 Å². The van der Waals surface area contributed by atoms with E-state index < -0.39 is 11.7 Å². The van der Waals surface area contributed by atoms with Crippen molar-refractivity contribution >= 4 is 43.8 Å². The van der Waals surface area contributed by atoms with Gasteiger partial charge >= 0.3 is 6.09 Å². The summed E-state index contributed by atoms with van der Waals surface area (Å²) >= 11 is 4.49. The van der Waals surface area contributed by atoms with Gasteiger partial charge in [0, 0.05) is 23.1 Å². The molecule has 28 heavy (non-hydrogen) atoms. The summed E-state index contributed by atoms with van der Waals surface area (Å²) in [5, 5.41) is 19.8. The van der Waals surface area contributed by atoms with E-state index in [1.807, 2.05) is 24.3 Å². The average molecular weight is 465 g/mol. The molecule has 1 aliphatic heterocycles. The van der Waals surface area contributed by atoms with E-state index in [-0.39, 0.29) is 38.0 Å². The lowest BCUT2D eigenvalue weighted by Gasteiger charge is -2.37. The minimum Gasteiger partial charge on any atom is -0.465 e. The van der Waals surface area contributed by atoms with Gasteiger partial charge in [-0.15, -0.1) is 0 Å². The van der Waals surface area contributed by atoms with Crippen LogP contribution >= 0.6 is 27.5 Å². The summed E-state index contributed by atoms with van der Waals surface area (Å²) in [4.78, 5) is 29.6. The molecule has 2 aromatic heterocycles. The molecular weight excluding hydrogens is 448 g/mol. The van der Waals surface area contributed by atoms with Crippen LogP contribution in [0.5, 0.6) is 0 Å². The van der Waals surface area contributed by atoms with E-state index >= 15 is 0 Å². The molecule has 3 aromatic rings. The lowest BCUT2D eigenvalue weighted by Crippen LogP contribution is -2.49. The average Bonchev–Trinajstić information content (AvgIpc) is 3.10. The van der Waals surface area contributed by atoms with Crippen molar-refractivity contribution in [2.24, 2.45) is 0 Å². The Bertz CT molecular complexity index is 1090. The molecule has 1 aliphatic rings. The van der Waals surface area contributed by atoms with Crippen LogP contribution in [0.1, 0.15) is 12.8 Å². The Morgan fingerprint density at radius 1 is 1.25 bits per heavy atom. The molecule has 0 radical (unpaired) electrons. The first-order chi connectivity index (χ1) is 13.4. The number of carboxylic acid groups (broad SMARTS) is 1. The number of aliphatic hydroxyl groups is 1. The molecule has 2 N–H and O–H groups in total. The van der Waals surface area contributed by atoms with Crippen molar-refractivity contribution in [1.29, 1.82) is 0 Å². The fourth-order valence-corrected chi connectivity index (χ4v) is 4.42. The smallest absolute Gasteiger partial charge is 0.407 e. The number of halogens is 1. The van der Waals surface area contributed by atoms with Crippen molar-refractivity contribution < 1.29 is 15.0 Å². The third-order valence-electron chi connectivity index (χ3n) is 5.00. The first-order valence-corrected chi connectivity index (χ1v) is 10.2. The zero-order valence-electron chi connectivity index (χ0n) is 14.7. The maximum absolute atomic E-state index is 12.9. The minimum absolute atomic E-state index is 0.0771. The van der Waals surface area contributed by atoms with Crippen molar-refractivity contribution in [1.82, 2.24) is 18.8 Å². The van der Waals surface area contributed by atoms with E-state index in [9.17, 15) is 14.7 Å². The van der Waals surface area contributed by atoms with Gasteiger partial charge < -0.3 is 15.1 Å². The van der Waals surface area contributed by atoms with Gasteiger partial charge in [0.1, 0.15) is 15.9 Å². The molecule has 0 spiro atoms. The van der Waals surface area contributed by atoms with Gasteiger partial charge in [-0.05, 0) is 36.5 Å². The van der Waals surface area contributed by atoms with Crippen molar-refractivity contribution in [3.05, 3.63) is 45.4 Å². The van der Waals surface area contributed by atoms with E-state index in [0.717, 1.165) is 21.6 Å². The fraction of sp³-hybridized carbons (Fsp3) is 0.333. The quantitative estimate of drug-likeness (QED) is 0.616. The zero-order chi connectivity index (χ0) is 19.9. The van der Waals surface area contributed by atoms with Gasteiger partial charge in [0.15, 0.2) is 0 Å². The highest BCUT2D eigenvalue weighted by Crippen LogP contribution is 2.29. The van der Waals surface area contributed by atoms with E-state index in [0.29, 0.717) is 15.9 Å². The number of benzene rings is 1. The topological polar surface area (TPSA) is 109 Å². The highest BCUT2D eigenvalue weighted by Gasteiger charge is 2.34. The number of fused-ring (bicyclic) bond motifs is 1. The molecule has 8 nitrogen and oxygen atoms in total. The van der Waals surface area contributed by atoms with Gasteiger partial charge in [0.2, 0.25) is 0 Å². The van der Waals surface area contributed by atoms with Crippen LogP contribution in [0.25, 0.3) is 21.5 Å². The number of hydrogen-bond acceptors (Lipinski definition) is 6. The zero-order valence-corrected chi connectivity index (χ0v) is 17.1. The molecule has 0 bridgehead atoms. The Morgan fingerprint density at radius 2 is 1.93 bits per heavy atom. The molecule has 0 unspecified atom stereocenters. The molecule has 1 fully saturated rings. The van der Waals surface area contributed by atoms with Crippen molar-refractivity contribution in [3.8, 4) is 11.3 Å². The Labute approximate surface area is 172 Å². The minimum atomic E-state index is -1.13. The molecule has 0 aliphatic carbocycles. The van der Waals surface area contributed by atoms with Gasteiger partial charge in [-0.1, -0.05) is 28.1 Å². The number of piperidine rings is 1. The maximum atomic E-state index is 12.9. The Hall–Kier alpha value is -2.30. The monoisotopic (exact) mass is 464 g/mol. The number of rotatable bonds is 3. The number of hydrogen-bond donors (Lipinski definition) is 2. The van der Waals surface area contributed by atoms with E-state index in [1.54, 1.807) is 0 Å². The number of carbonyl (C=O) groups is 1. The van der Waals surface area contributed by atoms with Crippen LogP contribution in [0.4, 0.5) is 4.79 Å². The highest BCUT2D eigenvalue weighted by atomic mass is 79.9. The summed E-state index contributed by atoms with van der Waals surface area (Å²) in [6.07, 6.45) is 0.989. The lowest BCUT2D eigenvalue weighted by atomic mass is 9.91. The largest absolute Gasteiger partial charge is 0.465 e. The molecule has 146 valence electrons. The second kappa shape index (κ2) is 7.26. The van der Waals surface area contributed by atoms with Crippen LogP contribution in [-0.4, -0.2) is 53.8 Å².